The molecule has 0 aliphatic carbocycles. The maximum Gasteiger partial charge on any atom is 0.254 e. The summed E-state index contributed by atoms with van der Waals surface area (Å²) in [4.78, 5) is 30.3. The number of hydrogen-bond donors (Lipinski definition) is 0. The van der Waals surface area contributed by atoms with Crippen LogP contribution < -0.4 is 0 Å². The lowest BCUT2D eigenvalue weighted by Crippen LogP contribution is -2.53. The highest BCUT2D eigenvalue weighted by atomic mass is 16.2. The third-order valence-electron chi connectivity index (χ3n) is 5.93. The van der Waals surface area contributed by atoms with Gasteiger partial charge in [-0.2, -0.15) is 0 Å². The van der Waals surface area contributed by atoms with E-state index in [1.807, 2.05) is 58.3 Å². The number of carbonyl (C=O) groups is 2. The Labute approximate surface area is 154 Å². The van der Waals surface area contributed by atoms with Crippen molar-refractivity contribution >= 4 is 11.8 Å². The lowest BCUT2D eigenvalue weighted by atomic mass is 9.93. The molecule has 0 saturated carbocycles. The van der Waals surface area contributed by atoms with Gasteiger partial charge in [0.05, 0.1) is 6.04 Å². The second kappa shape index (κ2) is 6.60. The zero-order valence-corrected chi connectivity index (χ0v) is 15.1. The Morgan fingerprint density at radius 2 is 1.62 bits per heavy atom. The molecule has 0 unspecified atom stereocenters. The van der Waals surface area contributed by atoms with Gasteiger partial charge in [-0.15, -0.1) is 0 Å². The highest BCUT2D eigenvalue weighted by Gasteiger charge is 2.55. The molecular formula is C22H24N2O2. The third kappa shape index (κ3) is 2.61. The highest BCUT2D eigenvalue weighted by molar-refractivity contribution is 6.00. The van der Waals surface area contributed by atoms with Gasteiger partial charge < -0.3 is 9.80 Å². The topological polar surface area (TPSA) is 40.6 Å². The van der Waals surface area contributed by atoms with Crippen LogP contribution in [0.1, 0.15) is 48.1 Å². The van der Waals surface area contributed by atoms with Crippen molar-refractivity contribution in [2.24, 2.45) is 0 Å². The smallest absolute Gasteiger partial charge is 0.254 e. The van der Waals surface area contributed by atoms with Gasteiger partial charge in [0.1, 0.15) is 5.54 Å². The van der Waals surface area contributed by atoms with Gasteiger partial charge in [0.15, 0.2) is 0 Å². The summed E-state index contributed by atoms with van der Waals surface area (Å²) in [5, 5.41) is 0. The standard InChI is InChI=1S/C22H24N2O2/c1-17(18-9-4-2-5-10-18)23-16-14-22(21(23)26)13-8-15-24(22)20(25)19-11-6-3-7-12-19/h2-7,9-12,17H,8,13-16H2,1H3/t17-,22+/m1/s1. The summed E-state index contributed by atoms with van der Waals surface area (Å²) < 4.78 is 0. The lowest BCUT2D eigenvalue weighted by Gasteiger charge is -2.34. The molecule has 2 aromatic carbocycles. The summed E-state index contributed by atoms with van der Waals surface area (Å²) in [5.74, 6) is 0.0845. The molecule has 2 amide bonds. The van der Waals surface area contributed by atoms with Crippen molar-refractivity contribution < 1.29 is 9.59 Å². The van der Waals surface area contributed by atoms with Crippen LogP contribution in [0, 0.1) is 0 Å². The van der Waals surface area contributed by atoms with Gasteiger partial charge in [-0.05, 0) is 43.9 Å². The van der Waals surface area contributed by atoms with E-state index in [0.29, 0.717) is 18.7 Å². The molecule has 0 aromatic heterocycles. The number of rotatable bonds is 3. The second-order valence-corrected chi connectivity index (χ2v) is 7.29. The minimum absolute atomic E-state index is 0.0225. The fourth-order valence-electron chi connectivity index (χ4n) is 4.46. The molecule has 2 atom stereocenters. The maximum absolute atomic E-state index is 13.4. The molecule has 26 heavy (non-hydrogen) atoms. The van der Waals surface area contributed by atoms with Crippen molar-refractivity contribution in [2.75, 3.05) is 13.1 Å². The molecule has 0 N–H and O–H groups in total. The van der Waals surface area contributed by atoms with Crippen LogP contribution in [0.5, 0.6) is 0 Å². The zero-order valence-electron chi connectivity index (χ0n) is 15.1. The van der Waals surface area contributed by atoms with Crippen LogP contribution >= 0.6 is 0 Å². The number of likely N-dealkylation sites (tertiary alicyclic amines) is 2. The predicted octanol–water partition coefficient (Wildman–Crippen LogP) is 3.65. The summed E-state index contributed by atoms with van der Waals surface area (Å²) in [5.41, 5.74) is 1.14. The van der Waals surface area contributed by atoms with Crippen molar-refractivity contribution in [1.82, 2.24) is 9.80 Å². The van der Waals surface area contributed by atoms with Crippen LogP contribution in [-0.4, -0.2) is 40.2 Å². The average molecular weight is 348 g/mol. The SMILES string of the molecule is C[C@H](c1ccccc1)N1CC[C@@]2(CCCN2C(=O)c2ccccc2)C1=O. The minimum atomic E-state index is -0.657. The Hall–Kier alpha value is -2.62. The van der Waals surface area contributed by atoms with Gasteiger partial charge in [-0.25, -0.2) is 0 Å². The largest absolute Gasteiger partial charge is 0.334 e. The molecule has 4 nitrogen and oxygen atoms in total. The van der Waals surface area contributed by atoms with E-state index < -0.39 is 5.54 Å². The Morgan fingerprint density at radius 1 is 0.962 bits per heavy atom. The zero-order chi connectivity index (χ0) is 18.1. The number of benzene rings is 2. The van der Waals surface area contributed by atoms with Crippen LogP contribution in [-0.2, 0) is 4.79 Å². The molecule has 2 heterocycles. The molecule has 134 valence electrons. The fourth-order valence-corrected chi connectivity index (χ4v) is 4.46. The number of amides is 2. The Balaban J connectivity index is 1.60. The molecule has 2 aromatic rings. The predicted molar refractivity (Wildman–Crippen MR) is 101 cm³/mol. The van der Waals surface area contributed by atoms with Gasteiger partial charge in [-0.1, -0.05) is 48.5 Å². The van der Waals surface area contributed by atoms with Crippen LogP contribution in [0.25, 0.3) is 0 Å². The number of carbonyl (C=O) groups excluding carboxylic acids is 2. The molecule has 2 fully saturated rings. The van der Waals surface area contributed by atoms with E-state index in [9.17, 15) is 9.59 Å². The molecule has 0 radical (unpaired) electrons. The maximum atomic E-state index is 13.4. The average Bonchev–Trinajstić information content (AvgIpc) is 3.27. The molecule has 2 aliphatic heterocycles. The van der Waals surface area contributed by atoms with Gasteiger partial charge in [0.25, 0.3) is 5.91 Å². The summed E-state index contributed by atoms with van der Waals surface area (Å²) >= 11 is 0. The van der Waals surface area contributed by atoms with Crippen molar-refractivity contribution in [2.45, 2.75) is 37.8 Å². The van der Waals surface area contributed by atoms with Gasteiger partial charge in [0, 0.05) is 18.7 Å². The van der Waals surface area contributed by atoms with Crippen LogP contribution in [0.2, 0.25) is 0 Å². The molecule has 0 bridgehead atoms. The fraction of sp³-hybridized carbons (Fsp3) is 0.364. The first-order valence-corrected chi connectivity index (χ1v) is 9.36. The minimum Gasteiger partial charge on any atom is -0.334 e. The van der Waals surface area contributed by atoms with E-state index in [2.05, 4.69) is 19.1 Å². The molecule has 4 heteroatoms. The molecule has 1 spiro atoms. The van der Waals surface area contributed by atoms with Crippen molar-refractivity contribution in [3.63, 3.8) is 0 Å². The van der Waals surface area contributed by atoms with Crippen LogP contribution in [0.4, 0.5) is 0 Å². The Kier molecular flexibility index (Phi) is 4.27. The van der Waals surface area contributed by atoms with Gasteiger partial charge in [0.2, 0.25) is 5.91 Å². The van der Waals surface area contributed by atoms with E-state index in [1.54, 1.807) is 0 Å². The molecule has 2 aliphatic rings. The lowest BCUT2D eigenvalue weighted by molar-refractivity contribution is -0.137. The normalized spacial score (nSPS) is 23.7. The van der Waals surface area contributed by atoms with Crippen LogP contribution in [0.15, 0.2) is 60.7 Å². The first kappa shape index (κ1) is 16.8. The Bertz CT molecular complexity index is 805. The van der Waals surface area contributed by atoms with E-state index >= 15 is 0 Å². The van der Waals surface area contributed by atoms with Crippen molar-refractivity contribution in [3.8, 4) is 0 Å². The van der Waals surface area contributed by atoms with E-state index in [4.69, 9.17) is 0 Å². The number of hydrogen-bond acceptors (Lipinski definition) is 2. The molecular weight excluding hydrogens is 324 g/mol. The summed E-state index contributed by atoms with van der Waals surface area (Å²) in [7, 11) is 0. The molecule has 2 saturated heterocycles. The molecule has 4 rings (SSSR count). The van der Waals surface area contributed by atoms with Crippen molar-refractivity contribution in [3.05, 3.63) is 71.8 Å². The number of nitrogens with zero attached hydrogens (tertiary/aromatic N) is 2. The first-order chi connectivity index (χ1) is 12.6. The summed E-state index contributed by atoms with van der Waals surface area (Å²) in [6.45, 7) is 3.44. The van der Waals surface area contributed by atoms with Gasteiger partial charge >= 0.3 is 0 Å². The van der Waals surface area contributed by atoms with Gasteiger partial charge in [-0.3, -0.25) is 9.59 Å². The first-order valence-electron chi connectivity index (χ1n) is 9.36. The van der Waals surface area contributed by atoms with E-state index in [-0.39, 0.29) is 17.9 Å². The summed E-state index contributed by atoms with van der Waals surface area (Å²) in [6.07, 6.45) is 2.38. The van der Waals surface area contributed by atoms with Crippen molar-refractivity contribution in [1.29, 1.82) is 0 Å². The quantitative estimate of drug-likeness (QED) is 0.849. The van der Waals surface area contributed by atoms with Crippen LogP contribution in [0.3, 0.4) is 0 Å². The second-order valence-electron chi connectivity index (χ2n) is 7.29. The van der Waals surface area contributed by atoms with E-state index in [0.717, 1.165) is 24.8 Å². The monoisotopic (exact) mass is 348 g/mol. The van der Waals surface area contributed by atoms with E-state index in [1.165, 1.54) is 0 Å². The summed E-state index contributed by atoms with van der Waals surface area (Å²) in [6, 6.07) is 19.4. The Morgan fingerprint density at radius 3 is 2.31 bits per heavy atom. The third-order valence-corrected chi connectivity index (χ3v) is 5.93. The highest BCUT2D eigenvalue weighted by Crippen LogP contribution is 2.42.